The Bertz CT molecular complexity index is 582. The minimum atomic E-state index is 0.413. The molecular weight excluding hydrogens is 284 g/mol. The first-order valence-corrected chi connectivity index (χ1v) is 8.69. The third-order valence-electron chi connectivity index (χ3n) is 4.34. The highest BCUT2D eigenvalue weighted by Gasteiger charge is 2.20. The van der Waals surface area contributed by atoms with E-state index in [1.165, 1.54) is 30.5 Å². The van der Waals surface area contributed by atoms with E-state index in [0.29, 0.717) is 6.10 Å². The first-order valence-electron chi connectivity index (χ1n) is 8.69. The summed E-state index contributed by atoms with van der Waals surface area (Å²) in [5.41, 5.74) is 3.57. The summed E-state index contributed by atoms with van der Waals surface area (Å²) < 4.78 is 5.93. The van der Waals surface area contributed by atoms with Gasteiger partial charge in [-0.15, -0.1) is 0 Å². The Hall–Kier alpha value is -1.71. The van der Waals surface area contributed by atoms with Gasteiger partial charge in [0.05, 0.1) is 11.8 Å². The zero-order valence-corrected chi connectivity index (χ0v) is 13.9. The van der Waals surface area contributed by atoms with Gasteiger partial charge in [0.1, 0.15) is 0 Å². The Kier molecular flexibility index (Phi) is 5.78. The van der Waals surface area contributed by atoms with Gasteiger partial charge in [0, 0.05) is 31.5 Å². The van der Waals surface area contributed by atoms with Crippen LogP contribution in [0.1, 0.15) is 31.7 Å². The first-order chi connectivity index (χ1) is 11.3. The Morgan fingerprint density at radius 3 is 2.78 bits per heavy atom. The van der Waals surface area contributed by atoms with Gasteiger partial charge in [0.15, 0.2) is 0 Å². The van der Waals surface area contributed by atoms with Crippen LogP contribution in [0.3, 0.4) is 0 Å². The van der Waals surface area contributed by atoms with Crippen molar-refractivity contribution in [1.82, 2.24) is 9.88 Å². The number of pyridine rings is 1. The minimum absolute atomic E-state index is 0.413. The van der Waals surface area contributed by atoms with E-state index in [1.807, 2.05) is 18.3 Å². The van der Waals surface area contributed by atoms with Crippen molar-refractivity contribution < 1.29 is 4.74 Å². The molecule has 3 heteroatoms. The maximum Gasteiger partial charge on any atom is 0.0702 e. The lowest BCUT2D eigenvalue weighted by Crippen LogP contribution is -2.39. The molecule has 1 aliphatic heterocycles. The minimum Gasteiger partial charge on any atom is -0.377 e. The van der Waals surface area contributed by atoms with Gasteiger partial charge in [-0.2, -0.15) is 0 Å². The van der Waals surface area contributed by atoms with E-state index in [9.17, 15) is 0 Å². The van der Waals surface area contributed by atoms with Crippen molar-refractivity contribution in [2.45, 2.75) is 38.8 Å². The number of hydrogen-bond donors (Lipinski definition) is 0. The van der Waals surface area contributed by atoms with E-state index in [-0.39, 0.29) is 0 Å². The van der Waals surface area contributed by atoms with Crippen LogP contribution in [0.2, 0.25) is 0 Å². The molecule has 0 aliphatic carbocycles. The fourth-order valence-electron chi connectivity index (χ4n) is 3.15. The fraction of sp³-hybridized carbons (Fsp3) is 0.450. The van der Waals surface area contributed by atoms with Crippen molar-refractivity contribution >= 4 is 0 Å². The molecule has 2 heterocycles. The summed E-state index contributed by atoms with van der Waals surface area (Å²) in [6.45, 7) is 6.30. The second-order valence-corrected chi connectivity index (χ2v) is 6.28. The highest BCUT2D eigenvalue weighted by atomic mass is 16.5. The Labute approximate surface area is 139 Å². The Morgan fingerprint density at radius 2 is 2.04 bits per heavy atom. The zero-order valence-electron chi connectivity index (χ0n) is 13.9. The maximum absolute atomic E-state index is 5.93. The zero-order chi connectivity index (χ0) is 15.9. The van der Waals surface area contributed by atoms with Crippen molar-refractivity contribution in [2.24, 2.45) is 0 Å². The number of piperidine rings is 1. The SMILES string of the molecule is CCCOC1CCCN(Cc2ccc(-c3ccccn3)cc2)C1. The van der Waals surface area contributed by atoms with E-state index >= 15 is 0 Å². The quantitative estimate of drug-likeness (QED) is 0.802. The lowest BCUT2D eigenvalue weighted by molar-refractivity contribution is -0.00222. The largest absolute Gasteiger partial charge is 0.377 e. The van der Waals surface area contributed by atoms with Crippen LogP contribution in [0.25, 0.3) is 11.3 Å². The van der Waals surface area contributed by atoms with E-state index in [1.54, 1.807) is 0 Å². The van der Waals surface area contributed by atoms with Crippen molar-refractivity contribution in [3.8, 4) is 11.3 Å². The summed E-state index contributed by atoms with van der Waals surface area (Å²) in [7, 11) is 0. The highest BCUT2D eigenvalue weighted by molar-refractivity contribution is 5.58. The second-order valence-electron chi connectivity index (χ2n) is 6.28. The number of hydrogen-bond acceptors (Lipinski definition) is 3. The van der Waals surface area contributed by atoms with Crippen molar-refractivity contribution in [3.63, 3.8) is 0 Å². The van der Waals surface area contributed by atoms with Crippen LogP contribution in [0.5, 0.6) is 0 Å². The second kappa shape index (κ2) is 8.23. The van der Waals surface area contributed by atoms with Crippen LogP contribution >= 0.6 is 0 Å². The van der Waals surface area contributed by atoms with Gasteiger partial charge in [-0.05, 0) is 43.5 Å². The van der Waals surface area contributed by atoms with E-state index in [4.69, 9.17) is 4.74 Å². The highest BCUT2D eigenvalue weighted by Crippen LogP contribution is 2.20. The van der Waals surface area contributed by atoms with Crippen LogP contribution in [0, 0.1) is 0 Å². The molecule has 0 saturated carbocycles. The third kappa shape index (κ3) is 4.63. The third-order valence-corrected chi connectivity index (χ3v) is 4.34. The molecular formula is C20H26N2O. The van der Waals surface area contributed by atoms with E-state index in [2.05, 4.69) is 47.1 Å². The monoisotopic (exact) mass is 310 g/mol. The summed E-state index contributed by atoms with van der Waals surface area (Å²) in [6, 6.07) is 14.8. The van der Waals surface area contributed by atoms with E-state index < -0.39 is 0 Å². The van der Waals surface area contributed by atoms with Crippen LogP contribution in [0.15, 0.2) is 48.7 Å². The van der Waals surface area contributed by atoms with Crippen LogP contribution in [0.4, 0.5) is 0 Å². The van der Waals surface area contributed by atoms with Gasteiger partial charge >= 0.3 is 0 Å². The smallest absolute Gasteiger partial charge is 0.0702 e. The first kappa shape index (κ1) is 16.2. The summed E-state index contributed by atoms with van der Waals surface area (Å²) in [5.74, 6) is 0. The standard InChI is InChI=1S/C20H26N2O/c1-2-14-23-19-6-5-13-22(16-19)15-17-8-10-18(11-9-17)20-7-3-4-12-21-20/h3-4,7-12,19H,2,5-6,13-16H2,1H3. The molecule has 23 heavy (non-hydrogen) atoms. The maximum atomic E-state index is 5.93. The van der Waals surface area contributed by atoms with Crippen molar-refractivity contribution in [2.75, 3.05) is 19.7 Å². The average molecular weight is 310 g/mol. The van der Waals surface area contributed by atoms with Crippen molar-refractivity contribution in [3.05, 3.63) is 54.2 Å². The molecule has 0 N–H and O–H groups in total. The topological polar surface area (TPSA) is 25.4 Å². The molecule has 1 saturated heterocycles. The molecule has 1 aromatic carbocycles. The molecule has 0 bridgehead atoms. The normalized spacial score (nSPS) is 18.9. The Balaban J connectivity index is 1.58. The predicted octanol–water partition coefficient (Wildman–Crippen LogP) is 4.14. The molecule has 1 aliphatic rings. The summed E-state index contributed by atoms with van der Waals surface area (Å²) in [5, 5.41) is 0. The van der Waals surface area contributed by atoms with Gasteiger partial charge in [0.2, 0.25) is 0 Å². The molecule has 1 aromatic heterocycles. The van der Waals surface area contributed by atoms with Gasteiger partial charge in [-0.3, -0.25) is 9.88 Å². The number of nitrogens with zero attached hydrogens (tertiary/aromatic N) is 2. The van der Waals surface area contributed by atoms with Crippen LogP contribution in [-0.4, -0.2) is 35.7 Å². The number of likely N-dealkylation sites (tertiary alicyclic amines) is 1. The number of benzene rings is 1. The van der Waals surface area contributed by atoms with Crippen molar-refractivity contribution in [1.29, 1.82) is 0 Å². The molecule has 1 unspecified atom stereocenters. The van der Waals surface area contributed by atoms with Crippen LogP contribution in [-0.2, 0) is 11.3 Å². The lowest BCUT2D eigenvalue weighted by Gasteiger charge is -2.32. The fourth-order valence-corrected chi connectivity index (χ4v) is 3.15. The molecule has 122 valence electrons. The van der Waals surface area contributed by atoms with E-state index in [0.717, 1.165) is 31.8 Å². The van der Waals surface area contributed by atoms with Crippen LogP contribution < -0.4 is 0 Å². The molecule has 3 rings (SSSR count). The molecule has 1 fully saturated rings. The average Bonchev–Trinajstić information content (AvgIpc) is 2.62. The lowest BCUT2D eigenvalue weighted by atomic mass is 10.1. The molecule has 0 spiro atoms. The molecule has 0 amide bonds. The summed E-state index contributed by atoms with van der Waals surface area (Å²) in [6.07, 6.45) is 5.80. The number of rotatable bonds is 6. The van der Waals surface area contributed by atoms with Gasteiger partial charge in [-0.25, -0.2) is 0 Å². The summed E-state index contributed by atoms with van der Waals surface area (Å²) in [4.78, 5) is 6.92. The number of ether oxygens (including phenoxy) is 1. The molecule has 0 radical (unpaired) electrons. The summed E-state index contributed by atoms with van der Waals surface area (Å²) >= 11 is 0. The van der Waals surface area contributed by atoms with Gasteiger partial charge < -0.3 is 4.74 Å². The van der Waals surface area contributed by atoms with Gasteiger partial charge in [0.25, 0.3) is 0 Å². The van der Waals surface area contributed by atoms with Gasteiger partial charge in [-0.1, -0.05) is 37.3 Å². The molecule has 2 aromatic rings. The predicted molar refractivity (Wildman–Crippen MR) is 94.2 cm³/mol. The molecule has 1 atom stereocenters. The molecule has 3 nitrogen and oxygen atoms in total. The Morgan fingerprint density at radius 1 is 1.17 bits per heavy atom. The number of aromatic nitrogens is 1.